The molecule has 19 nitrogen and oxygen atoms in total. The predicted octanol–water partition coefficient (Wildman–Crippen LogP) is 5.62. The van der Waals surface area contributed by atoms with Gasteiger partial charge in [0.15, 0.2) is 11.6 Å². The molecule has 73 heavy (non-hydrogen) atoms. The van der Waals surface area contributed by atoms with E-state index in [0.717, 1.165) is 5.56 Å². The summed E-state index contributed by atoms with van der Waals surface area (Å²) in [5.41, 5.74) is 2.19. The van der Waals surface area contributed by atoms with Gasteiger partial charge in [-0.3, -0.25) is 0 Å². The molecular formula is C47H49F6LiN8O11. The molecule has 0 bridgehead atoms. The number of aromatic nitrogens is 6. The number of nitrogens with one attached hydrogen (secondary N) is 2. The van der Waals surface area contributed by atoms with Crippen LogP contribution in [0.4, 0.5) is 35.9 Å². The zero-order chi connectivity index (χ0) is 52.3. The number of benzene rings is 4. The summed E-state index contributed by atoms with van der Waals surface area (Å²) in [7, 11) is 1.23. The molecule has 4 aromatic carbocycles. The van der Waals surface area contributed by atoms with Gasteiger partial charge in [0.05, 0.1) is 18.5 Å². The number of alkyl carbamates (subject to hydrolysis) is 2. The Labute approximate surface area is 425 Å². The van der Waals surface area contributed by atoms with Gasteiger partial charge in [-0.2, -0.15) is 0 Å². The summed E-state index contributed by atoms with van der Waals surface area (Å²) < 4.78 is 99.5. The first-order chi connectivity index (χ1) is 33.1. The van der Waals surface area contributed by atoms with Gasteiger partial charge in [0, 0.05) is 24.0 Å². The quantitative estimate of drug-likeness (QED) is 0.0518. The van der Waals surface area contributed by atoms with Crippen molar-refractivity contribution in [2.24, 2.45) is 0 Å². The summed E-state index contributed by atoms with van der Waals surface area (Å²) in [6.45, 7) is 10.2. The number of nitrogens with zero attached hydrogens (tertiary/aromatic N) is 6. The molecule has 2 aromatic heterocycles. The Morgan fingerprint density at radius 3 is 1.23 bits per heavy atom. The van der Waals surface area contributed by atoms with Gasteiger partial charge in [0.1, 0.15) is 47.4 Å². The maximum absolute atomic E-state index is 12.3. The molecule has 0 radical (unpaired) electrons. The molecule has 0 spiro atoms. The fourth-order valence-corrected chi connectivity index (χ4v) is 6.13. The van der Waals surface area contributed by atoms with E-state index in [1.165, 1.54) is 77.7 Å². The van der Waals surface area contributed by atoms with Crippen molar-refractivity contribution in [1.29, 1.82) is 0 Å². The van der Waals surface area contributed by atoms with Crippen LogP contribution in [0.25, 0.3) is 34.2 Å². The maximum Gasteiger partial charge on any atom is 1.00 e. The summed E-state index contributed by atoms with van der Waals surface area (Å²) in [6.07, 6.45) is -8.06. The first-order valence-corrected chi connectivity index (χ1v) is 21.2. The van der Waals surface area contributed by atoms with Gasteiger partial charge in [0.25, 0.3) is 0 Å². The average molecular weight is 1020 g/mol. The molecule has 2 atom stereocenters. The largest absolute Gasteiger partial charge is 1.00 e. The van der Waals surface area contributed by atoms with E-state index in [9.17, 15) is 50.6 Å². The Morgan fingerprint density at radius 2 is 0.918 bits per heavy atom. The molecule has 4 N–H and O–H groups in total. The smallest absolute Gasteiger partial charge is 0.870 e. The van der Waals surface area contributed by atoms with Gasteiger partial charge in [0.2, 0.25) is 0 Å². The van der Waals surface area contributed by atoms with Crippen LogP contribution in [0, 0.1) is 0 Å². The SMILES string of the molecule is CC(C)(C)OC(=O)NC(Cc1ccc(-c2ncn(-c3ccc(OC(F)(F)F)cc3)n2)cc1)C(=O)O.COC(=O)C(Cc1ccc(-c2ncn(-c3ccc(OC(F)(F)F)cc3)n2)cc1)NC(=O)OC(C)(C)C.[Li+].[OH-]. The minimum absolute atomic E-state index is 0. The Hall–Kier alpha value is -7.62. The molecule has 0 aliphatic carbocycles. The molecule has 0 aliphatic heterocycles. The fraction of sp³-hybridized carbons (Fsp3) is 0.319. The number of aliphatic carboxylic acids is 1. The van der Waals surface area contributed by atoms with Gasteiger partial charge in [-0.25, -0.2) is 38.5 Å². The van der Waals surface area contributed by atoms with E-state index >= 15 is 0 Å². The van der Waals surface area contributed by atoms with Crippen LogP contribution in [0.2, 0.25) is 0 Å². The first kappa shape index (κ1) is 59.7. The maximum atomic E-state index is 12.3. The van der Waals surface area contributed by atoms with Crippen molar-refractivity contribution in [2.75, 3.05) is 7.11 Å². The topological polar surface area (TPSA) is 250 Å². The number of methoxy groups -OCH3 is 1. The second-order valence-electron chi connectivity index (χ2n) is 17.2. The summed E-state index contributed by atoms with van der Waals surface area (Å²) in [4.78, 5) is 56.2. The summed E-state index contributed by atoms with van der Waals surface area (Å²) in [6, 6.07) is 22.0. The van der Waals surface area contributed by atoms with Gasteiger partial charge >= 0.3 is 55.7 Å². The van der Waals surface area contributed by atoms with Crippen LogP contribution in [-0.2, 0) is 36.6 Å². The number of halogens is 6. The van der Waals surface area contributed by atoms with E-state index in [2.05, 4.69) is 40.3 Å². The molecular weight excluding hydrogens is 973 g/mol. The standard InChI is InChI=1S/C24H25F3N4O5.C23H23F3N4O5.Li.H2O/c1-23(2,3)36-22(33)29-19(21(32)34-4)13-15-5-7-16(8-6-15)20-28-14-31(30-20)17-9-11-18(12-10-17)35-24(25,26)27;1-22(2,3)35-21(33)28-18(20(31)32)12-14-4-6-15(7-5-14)19-27-13-30(29-19)16-8-10-17(11-9-16)34-23(24,25)26;;/h5-12,14,19H,13H2,1-4H3,(H,29,33);4-11,13,18H,12H2,1-3H3,(H,28,33)(H,31,32);;1H2/q;;+1;/p-1. The van der Waals surface area contributed by atoms with Crippen LogP contribution in [-0.4, -0.2) is 107 Å². The molecule has 2 unspecified atom stereocenters. The van der Waals surface area contributed by atoms with Gasteiger partial charge in [-0.05, 0) is 101 Å². The number of hydrogen-bond acceptors (Lipinski definition) is 14. The molecule has 0 fully saturated rings. The molecule has 386 valence electrons. The zero-order valence-corrected chi connectivity index (χ0v) is 40.5. The number of carbonyl (C=O) groups excluding carboxylic acids is 3. The summed E-state index contributed by atoms with van der Waals surface area (Å²) >= 11 is 0. The normalized spacial score (nSPS) is 12.2. The number of amides is 2. The third-order valence-corrected chi connectivity index (χ3v) is 9.12. The third-order valence-electron chi connectivity index (χ3n) is 9.12. The van der Waals surface area contributed by atoms with Gasteiger partial charge in [-0.1, -0.05) is 48.5 Å². The van der Waals surface area contributed by atoms with Crippen molar-refractivity contribution in [3.05, 3.63) is 121 Å². The number of esters is 1. The zero-order valence-electron chi connectivity index (χ0n) is 40.5. The van der Waals surface area contributed by atoms with Crippen LogP contribution in [0.1, 0.15) is 52.7 Å². The predicted molar refractivity (Wildman–Crippen MR) is 242 cm³/mol. The molecule has 26 heteroatoms. The van der Waals surface area contributed by atoms with E-state index in [4.69, 9.17) is 14.2 Å². The molecule has 0 aliphatic rings. The molecule has 0 saturated carbocycles. The fourth-order valence-electron chi connectivity index (χ4n) is 6.13. The Bertz CT molecular complexity index is 2740. The van der Waals surface area contributed by atoms with Crippen molar-refractivity contribution in [1.82, 2.24) is 40.2 Å². The minimum atomic E-state index is -4.77. The summed E-state index contributed by atoms with van der Waals surface area (Å²) in [5.74, 6) is -1.77. The Balaban J connectivity index is 0.000000375. The molecule has 6 aromatic rings. The van der Waals surface area contributed by atoms with Crippen LogP contribution < -0.4 is 39.0 Å². The van der Waals surface area contributed by atoms with Crippen molar-refractivity contribution < 1.29 is 98.6 Å². The van der Waals surface area contributed by atoms with E-state index in [-0.39, 0.29) is 48.7 Å². The van der Waals surface area contributed by atoms with Crippen molar-refractivity contribution >= 4 is 24.1 Å². The van der Waals surface area contributed by atoms with Crippen LogP contribution in [0.15, 0.2) is 110 Å². The number of carboxylic acids is 1. The second kappa shape index (κ2) is 25.2. The van der Waals surface area contributed by atoms with E-state index in [1.807, 2.05) is 0 Å². The number of ether oxygens (including phenoxy) is 5. The number of hydrogen-bond donors (Lipinski definition) is 3. The number of carbonyl (C=O) groups is 4. The van der Waals surface area contributed by atoms with E-state index < -0.39 is 60.1 Å². The molecule has 6 rings (SSSR count). The average Bonchev–Trinajstić information content (AvgIpc) is 3.96. The van der Waals surface area contributed by atoms with Gasteiger partial charge in [-0.15, -0.1) is 36.5 Å². The van der Waals surface area contributed by atoms with E-state index in [1.54, 1.807) is 90.1 Å². The van der Waals surface area contributed by atoms with Crippen LogP contribution >= 0.6 is 0 Å². The minimum Gasteiger partial charge on any atom is -0.870 e. The second-order valence-corrected chi connectivity index (χ2v) is 17.2. The van der Waals surface area contributed by atoms with Crippen molar-refractivity contribution in [3.8, 4) is 45.6 Å². The van der Waals surface area contributed by atoms with Crippen molar-refractivity contribution in [2.45, 2.75) is 90.4 Å². The Morgan fingerprint density at radius 1 is 0.575 bits per heavy atom. The van der Waals surface area contributed by atoms with Crippen molar-refractivity contribution in [3.63, 3.8) is 0 Å². The third kappa shape index (κ3) is 19.8. The first-order valence-electron chi connectivity index (χ1n) is 21.2. The summed E-state index contributed by atoms with van der Waals surface area (Å²) in [5, 5.41) is 23.0. The van der Waals surface area contributed by atoms with Gasteiger partial charge < -0.3 is 44.9 Å². The number of alkyl halides is 6. The number of rotatable bonds is 14. The van der Waals surface area contributed by atoms with Crippen LogP contribution in [0.3, 0.4) is 0 Å². The molecule has 0 saturated heterocycles. The number of carboxylic acid groups (broad SMARTS) is 1. The van der Waals surface area contributed by atoms with E-state index in [0.29, 0.717) is 39.7 Å². The monoisotopic (exact) mass is 1020 g/mol. The Kier molecular flexibility index (Phi) is 20.6. The molecule has 2 heterocycles. The van der Waals surface area contributed by atoms with Crippen LogP contribution in [0.5, 0.6) is 11.5 Å². The molecule has 2 amide bonds.